The summed E-state index contributed by atoms with van der Waals surface area (Å²) in [5, 5.41) is 15.5. The average Bonchev–Trinajstić information content (AvgIpc) is 3.60. The molecule has 2 saturated carbocycles. The highest BCUT2D eigenvalue weighted by atomic mass is 35.5. The molecule has 7 heteroatoms. The molecule has 4 nitrogen and oxygen atoms in total. The number of nitrogens with one attached hydrogen (secondary N) is 1. The maximum Gasteiger partial charge on any atom is 0.152 e. The van der Waals surface area contributed by atoms with Crippen LogP contribution in [0.2, 0.25) is 10.0 Å². The lowest BCUT2D eigenvalue weighted by Gasteiger charge is -2.35. The number of halogens is 3. The SMILES string of the molecule is Oc1c(Cl)cc(-c2ccc3ncc(CC4CC4)c(NC4CCC(N5CC[C@@H](F)C5)CC4)c3c2)cc1Cl. The van der Waals surface area contributed by atoms with Crippen molar-refractivity contribution in [3.05, 3.63) is 52.1 Å². The van der Waals surface area contributed by atoms with Gasteiger partial charge in [-0.1, -0.05) is 29.3 Å². The van der Waals surface area contributed by atoms with Crippen LogP contribution in [0.15, 0.2) is 36.5 Å². The standard InChI is InChI=1S/C29H32Cl2FN3O/c30-25-13-19(14-26(31)29(25)36)18-3-8-27-24(12-18)28(20(15-33-27)11-17-1-2-17)34-22-4-6-23(7-5-22)35-10-9-21(32)16-35/h3,8,12-15,17,21-23,36H,1-2,4-7,9-11,16H2,(H,33,34)/t21-,22?,23?/m1/s1. The van der Waals surface area contributed by atoms with Crippen LogP contribution >= 0.6 is 23.2 Å². The highest BCUT2D eigenvalue weighted by molar-refractivity contribution is 6.37. The number of hydrogen-bond acceptors (Lipinski definition) is 4. The molecule has 3 fully saturated rings. The zero-order valence-electron chi connectivity index (χ0n) is 20.3. The van der Waals surface area contributed by atoms with E-state index in [-0.39, 0.29) is 15.8 Å². The highest BCUT2D eigenvalue weighted by Gasteiger charge is 2.32. The number of phenols is 1. The Morgan fingerprint density at radius 3 is 2.39 bits per heavy atom. The van der Waals surface area contributed by atoms with E-state index in [1.165, 1.54) is 24.1 Å². The van der Waals surface area contributed by atoms with Crippen LogP contribution in [0.25, 0.3) is 22.0 Å². The number of aromatic nitrogens is 1. The normalized spacial score (nSPS) is 24.9. The van der Waals surface area contributed by atoms with Crippen LogP contribution in [0.3, 0.4) is 0 Å². The molecule has 36 heavy (non-hydrogen) atoms. The fraction of sp³-hybridized carbons (Fsp3) is 0.483. The Morgan fingerprint density at radius 2 is 1.72 bits per heavy atom. The minimum absolute atomic E-state index is 0.0924. The number of nitrogens with zero attached hydrogens (tertiary/aromatic N) is 2. The smallest absolute Gasteiger partial charge is 0.152 e. The second kappa shape index (κ2) is 10.00. The van der Waals surface area contributed by atoms with Gasteiger partial charge in [0.25, 0.3) is 0 Å². The molecule has 3 aliphatic rings. The molecule has 0 radical (unpaired) electrons. The van der Waals surface area contributed by atoms with Gasteiger partial charge in [0.05, 0.1) is 15.6 Å². The van der Waals surface area contributed by atoms with E-state index in [0.717, 1.165) is 66.6 Å². The molecule has 0 bridgehead atoms. The van der Waals surface area contributed by atoms with Crippen LogP contribution in [0.4, 0.5) is 10.1 Å². The van der Waals surface area contributed by atoms with Gasteiger partial charge in [-0.3, -0.25) is 9.88 Å². The van der Waals surface area contributed by atoms with Crippen molar-refractivity contribution in [1.29, 1.82) is 0 Å². The zero-order valence-corrected chi connectivity index (χ0v) is 21.8. The van der Waals surface area contributed by atoms with Crippen LogP contribution in [-0.4, -0.2) is 46.3 Å². The van der Waals surface area contributed by atoms with Crippen LogP contribution in [0.1, 0.15) is 50.5 Å². The zero-order chi connectivity index (χ0) is 24.8. The topological polar surface area (TPSA) is 48.4 Å². The number of alkyl halides is 1. The number of rotatable bonds is 6. The molecule has 2 aliphatic carbocycles. The van der Waals surface area contributed by atoms with Gasteiger partial charge in [-0.05, 0) is 98.2 Å². The van der Waals surface area contributed by atoms with Gasteiger partial charge in [-0.2, -0.15) is 0 Å². The Balaban J connectivity index is 1.30. The first-order valence-electron chi connectivity index (χ1n) is 13.2. The molecule has 6 rings (SSSR count). The van der Waals surface area contributed by atoms with Crippen molar-refractivity contribution < 1.29 is 9.50 Å². The molecule has 1 aliphatic heterocycles. The largest absolute Gasteiger partial charge is 0.505 e. The second-order valence-electron chi connectivity index (χ2n) is 10.9. The molecule has 190 valence electrons. The molecular weight excluding hydrogens is 496 g/mol. The van der Waals surface area contributed by atoms with Crippen molar-refractivity contribution >= 4 is 39.8 Å². The second-order valence-corrected chi connectivity index (χ2v) is 11.7. The number of pyridine rings is 1. The third-order valence-corrected chi connectivity index (χ3v) is 8.80. The van der Waals surface area contributed by atoms with Gasteiger partial charge in [-0.15, -0.1) is 0 Å². The van der Waals surface area contributed by atoms with Crippen molar-refractivity contribution in [1.82, 2.24) is 9.88 Å². The maximum atomic E-state index is 13.7. The molecule has 0 spiro atoms. The minimum Gasteiger partial charge on any atom is -0.505 e. The summed E-state index contributed by atoms with van der Waals surface area (Å²) in [6, 6.07) is 10.6. The number of fused-ring (bicyclic) bond motifs is 1. The number of anilines is 1. The van der Waals surface area contributed by atoms with Gasteiger partial charge in [0.2, 0.25) is 0 Å². The molecule has 1 saturated heterocycles. The monoisotopic (exact) mass is 527 g/mol. The highest BCUT2D eigenvalue weighted by Crippen LogP contribution is 2.40. The first-order valence-corrected chi connectivity index (χ1v) is 13.9. The van der Waals surface area contributed by atoms with Gasteiger partial charge in [0, 0.05) is 42.4 Å². The Bertz CT molecular complexity index is 1250. The van der Waals surface area contributed by atoms with Crippen molar-refractivity contribution in [2.75, 3.05) is 18.4 Å². The minimum atomic E-state index is -0.651. The van der Waals surface area contributed by atoms with Crippen molar-refractivity contribution in [2.24, 2.45) is 5.92 Å². The molecule has 1 aromatic heterocycles. The van der Waals surface area contributed by atoms with Crippen molar-refractivity contribution in [3.8, 4) is 16.9 Å². The van der Waals surface area contributed by atoms with Gasteiger partial charge in [0.15, 0.2) is 5.75 Å². The molecule has 2 heterocycles. The van der Waals surface area contributed by atoms with Gasteiger partial charge >= 0.3 is 0 Å². The molecule has 0 amide bonds. The molecule has 2 aromatic carbocycles. The molecule has 1 atom stereocenters. The number of benzene rings is 2. The maximum absolute atomic E-state index is 13.7. The van der Waals surface area contributed by atoms with Crippen LogP contribution in [-0.2, 0) is 6.42 Å². The fourth-order valence-electron chi connectivity index (χ4n) is 5.97. The van der Waals surface area contributed by atoms with E-state index >= 15 is 0 Å². The van der Waals surface area contributed by atoms with Crippen LogP contribution in [0, 0.1) is 5.92 Å². The van der Waals surface area contributed by atoms with E-state index in [2.05, 4.69) is 16.3 Å². The van der Waals surface area contributed by atoms with E-state index in [1.807, 2.05) is 18.3 Å². The number of likely N-dealkylation sites (tertiary alicyclic amines) is 1. The van der Waals surface area contributed by atoms with Crippen molar-refractivity contribution in [2.45, 2.75) is 69.6 Å². The van der Waals surface area contributed by atoms with Gasteiger partial charge in [0.1, 0.15) is 6.17 Å². The first kappa shape index (κ1) is 24.3. The lowest BCUT2D eigenvalue weighted by molar-refractivity contribution is 0.173. The number of hydrogen-bond donors (Lipinski definition) is 2. The number of aromatic hydroxyl groups is 1. The Morgan fingerprint density at radius 1 is 0.972 bits per heavy atom. The van der Waals surface area contributed by atoms with Gasteiger partial charge < -0.3 is 10.4 Å². The molecule has 0 unspecified atom stereocenters. The number of phenolic OH excluding ortho intramolecular Hbond substituents is 1. The predicted octanol–water partition coefficient (Wildman–Crippen LogP) is 7.63. The summed E-state index contributed by atoms with van der Waals surface area (Å²) < 4.78 is 13.7. The molecule has 2 N–H and O–H groups in total. The summed E-state index contributed by atoms with van der Waals surface area (Å²) in [4.78, 5) is 7.16. The summed E-state index contributed by atoms with van der Waals surface area (Å²) in [7, 11) is 0. The van der Waals surface area contributed by atoms with E-state index in [9.17, 15) is 9.50 Å². The summed E-state index contributed by atoms with van der Waals surface area (Å²) in [6.07, 6.45) is 10.1. The Labute approximate surface area is 221 Å². The summed E-state index contributed by atoms with van der Waals surface area (Å²) in [5.41, 5.74) is 5.28. The third kappa shape index (κ3) is 5.03. The van der Waals surface area contributed by atoms with E-state index in [1.54, 1.807) is 12.1 Å². The van der Waals surface area contributed by atoms with E-state index in [0.29, 0.717) is 25.0 Å². The van der Waals surface area contributed by atoms with E-state index in [4.69, 9.17) is 28.2 Å². The quantitative estimate of drug-likeness (QED) is 0.345. The van der Waals surface area contributed by atoms with Crippen LogP contribution in [0.5, 0.6) is 5.75 Å². The molecule has 3 aromatic rings. The summed E-state index contributed by atoms with van der Waals surface area (Å²) >= 11 is 12.4. The van der Waals surface area contributed by atoms with Crippen molar-refractivity contribution in [3.63, 3.8) is 0 Å². The fourth-order valence-corrected chi connectivity index (χ4v) is 6.45. The Hall–Kier alpha value is -2.08. The molecular formula is C29H32Cl2FN3O. The third-order valence-electron chi connectivity index (χ3n) is 8.23. The predicted molar refractivity (Wildman–Crippen MR) is 146 cm³/mol. The first-order chi connectivity index (χ1) is 17.4. The van der Waals surface area contributed by atoms with E-state index < -0.39 is 6.17 Å². The van der Waals surface area contributed by atoms with Gasteiger partial charge in [-0.25, -0.2) is 4.39 Å². The average molecular weight is 528 g/mol. The Kier molecular flexibility index (Phi) is 6.74. The van der Waals surface area contributed by atoms with Crippen LogP contribution < -0.4 is 5.32 Å². The lowest BCUT2D eigenvalue weighted by atomic mass is 9.89. The summed E-state index contributed by atoms with van der Waals surface area (Å²) in [6.45, 7) is 1.51. The summed E-state index contributed by atoms with van der Waals surface area (Å²) in [5.74, 6) is 0.660. The lowest BCUT2D eigenvalue weighted by Crippen LogP contribution is -2.39.